The zero-order chi connectivity index (χ0) is 19.5. The van der Waals surface area contributed by atoms with E-state index < -0.39 is 0 Å². The van der Waals surface area contributed by atoms with E-state index in [4.69, 9.17) is 11.5 Å². The summed E-state index contributed by atoms with van der Waals surface area (Å²) in [5, 5.41) is 0. The fourth-order valence-corrected chi connectivity index (χ4v) is 3.44. The molecule has 0 bridgehead atoms. The summed E-state index contributed by atoms with van der Waals surface area (Å²) in [7, 11) is 0. The Morgan fingerprint density at radius 1 is 0.704 bits per heavy atom. The van der Waals surface area contributed by atoms with Crippen LogP contribution in [0.4, 0.5) is 11.4 Å². The number of carbonyl (C=O) groups is 1. The lowest BCUT2D eigenvalue weighted by molar-refractivity contribution is 0.103. The van der Waals surface area contributed by atoms with Crippen LogP contribution in [0.5, 0.6) is 0 Å². The molecule has 0 spiro atoms. The Kier molecular flexibility index (Phi) is 8.90. The van der Waals surface area contributed by atoms with E-state index in [1.165, 1.54) is 63.4 Å². The number of nitrogens with two attached hydrogens (primary N) is 2. The summed E-state index contributed by atoms with van der Waals surface area (Å²) in [4.78, 5) is 12.6. The van der Waals surface area contributed by atoms with Gasteiger partial charge in [-0.2, -0.15) is 0 Å². The third-order valence-electron chi connectivity index (χ3n) is 5.02. The minimum Gasteiger partial charge on any atom is -0.399 e. The second-order valence-corrected chi connectivity index (χ2v) is 7.49. The topological polar surface area (TPSA) is 69.1 Å². The minimum absolute atomic E-state index is 0.0383. The van der Waals surface area contributed by atoms with E-state index in [0.29, 0.717) is 22.5 Å². The van der Waals surface area contributed by atoms with Crippen molar-refractivity contribution in [1.82, 2.24) is 0 Å². The molecule has 2 aromatic carbocycles. The molecule has 0 aliphatic rings. The van der Waals surface area contributed by atoms with Gasteiger partial charge in [-0.05, 0) is 36.6 Å². The molecule has 3 heteroatoms. The maximum atomic E-state index is 12.6. The molecule has 0 aromatic heterocycles. The standard InChI is InChI=1S/C24H34N2O/c1-2-3-4-5-6-7-8-9-10-11-19-12-14-20(15-13-19)24(27)21-16-22(25)18-23(26)17-21/h12-18H,2-11,25-26H2,1H3. The highest BCUT2D eigenvalue weighted by Crippen LogP contribution is 2.18. The molecule has 27 heavy (non-hydrogen) atoms. The van der Waals surface area contributed by atoms with E-state index in [1.807, 2.05) is 12.1 Å². The molecule has 0 heterocycles. The highest BCUT2D eigenvalue weighted by atomic mass is 16.1. The van der Waals surface area contributed by atoms with Gasteiger partial charge in [0.15, 0.2) is 5.78 Å². The summed E-state index contributed by atoms with van der Waals surface area (Å²) in [6.07, 6.45) is 13.1. The van der Waals surface area contributed by atoms with Gasteiger partial charge in [0.25, 0.3) is 0 Å². The molecule has 0 aliphatic carbocycles. The van der Waals surface area contributed by atoms with Gasteiger partial charge in [0.05, 0.1) is 0 Å². The van der Waals surface area contributed by atoms with Crippen LogP contribution in [0.15, 0.2) is 42.5 Å². The van der Waals surface area contributed by atoms with Crippen LogP contribution >= 0.6 is 0 Å². The Labute approximate surface area is 164 Å². The molecular formula is C24H34N2O. The van der Waals surface area contributed by atoms with Crippen molar-refractivity contribution in [2.45, 2.75) is 71.1 Å². The van der Waals surface area contributed by atoms with Crippen molar-refractivity contribution < 1.29 is 4.79 Å². The molecular weight excluding hydrogens is 332 g/mol. The van der Waals surface area contributed by atoms with Crippen molar-refractivity contribution in [2.24, 2.45) is 0 Å². The summed E-state index contributed by atoms with van der Waals surface area (Å²) < 4.78 is 0. The number of carbonyl (C=O) groups excluding carboxylic acids is 1. The van der Waals surface area contributed by atoms with E-state index in [2.05, 4.69) is 19.1 Å². The van der Waals surface area contributed by atoms with Gasteiger partial charge in [0.1, 0.15) is 0 Å². The molecule has 2 aromatic rings. The van der Waals surface area contributed by atoms with Crippen LogP contribution in [-0.2, 0) is 6.42 Å². The molecule has 2 rings (SSSR count). The fraction of sp³-hybridized carbons (Fsp3) is 0.458. The molecule has 0 saturated heterocycles. The number of ketones is 1. The monoisotopic (exact) mass is 366 g/mol. The highest BCUT2D eigenvalue weighted by molar-refractivity contribution is 6.09. The average Bonchev–Trinajstić information content (AvgIpc) is 2.66. The smallest absolute Gasteiger partial charge is 0.193 e. The summed E-state index contributed by atoms with van der Waals surface area (Å²) in [5.41, 5.74) is 15.1. The van der Waals surface area contributed by atoms with Crippen LogP contribution in [0, 0.1) is 0 Å². The normalized spacial score (nSPS) is 10.9. The fourth-order valence-electron chi connectivity index (χ4n) is 3.44. The van der Waals surface area contributed by atoms with E-state index in [-0.39, 0.29) is 5.78 Å². The largest absolute Gasteiger partial charge is 0.399 e. The first-order valence-corrected chi connectivity index (χ1v) is 10.4. The predicted molar refractivity (Wildman–Crippen MR) is 116 cm³/mol. The predicted octanol–water partition coefficient (Wildman–Crippen LogP) is 6.16. The van der Waals surface area contributed by atoms with Gasteiger partial charge < -0.3 is 11.5 Å². The maximum Gasteiger partial charge on any atom is 0.193 e. The van der Waals surface area contributed by atoms with Crippen LogP contribution in [0.2, 0.25) is 0 Å². The number of unbranched alkanes of at least 4 members (excludes halogenated alkanes) is 8. The quantitative estimate of drug-likeness (QED) is 0.269. The number of hydrogen-bond acceptors (Lipinski definition) is 3. The zero-order valence-electron chi connectivity index (χ0n) is 16.7. The molecule has 0 unspecified atom stereocenters. The SMILES string of the molecule is CCCCCCCCCCCc1ccc(C(=O)c2cc(N)cc(N)c2)cc1. The molecule has 0 aliphatic heterocycles. The average molecular weight is 367 g/mol. The van der Waals surface area contributed by atoms with Crippen LogP contribution in [0.3, 0.4) is 0 Å². The van der Waals surface area contributed by atoms with E-state index in [9.17, 15) is 4.79 Å². The van der Waals surface area contributed by atoms with Crippen molar-refractivity contribution in [3.8, 4) is 0 Å². The van der Waals surface area contributed by atoms with Gasteiger partial charge in [-0.25, -0.2) is 0 Å². The van der Waals surface area contributed by atoms with Gasteiger partial charge in [0, 0.05) is 22.5 Å². The number of aryl methyl sites for hydroxylation is 1. The summed E-state index contributed by atoms with van der Waals surface area (Å²) in [6.45, 7) is 2.26. The Morgan fingerprint density at radius 2 is 1.22 bits per heavy atom. The van der Waals surface area contributed by atoms with Crippen LogP contribution in [0.25, 0.3) is 0 Å². The first kappa shape index (κ1) is 21.0. The molecule has 4 N–H and O–H groups in total. The van der Waals surface area contributed by atoms with Crippen molar-refractivity contribution in [3.63, 3.8) is 0 Å². The summed E-state index contributed by atoms with van der Waals surface area (Å²) in [6, 6.07) is 13.0. The maximum absolute atomic E-state index is 12.6. The van der Waals surface area contributed by atoms with Gasteiger partial charge >= 0.3 is 0 Å². The summed E-state index contributed by atoms with van der Waals surface area (Å²) >= 11 is 0. The van der Waals surface area contributed by atoms with Crippen LogP contribution < -0.4 is 11.5 Å². The number of rotatable bonds is 12. The lowest BCUT2D eigenvalue weighted by Gasteiger charge is -2.06. The second kappa shape index (κ2) is 11.4. The van der Waals surface area contributed by atoms with Gasteiger partial charge in [-0.15, -0.1) is 0 Å². The van der Waals surface area contributed by atoms with Crippen LogP contribution in [0.1, 0.15) is 86.2 Å². The third-order valence-corrected chi connectivity index (χ3v) is 5.02. The van der Waals surface area contributed by atoms with Crippen molar-refractivity contribution in [3.05, 3.63) is 59.2 Å². The van der Waals surface area contributed by atoms with Crippen molar-refractivity contribution in [1.29, 1.82) is 0 Å². The minimum atomic E-state index is -0.0383. The first-order valence-electron chi connectivity index (χ1n) is 10.4. The van der Waals surface area contributed by atoms with Crippen molar-refractivity contribution in [2.75, 3.05) is 11.5 Å². The highest BCUT2D eigenvalue weighted by Gasteiger charge is 2.10. The van der Waals surface area contributed by atoms with E-state index in [1.54, 1.807) is 18.2 Å². The number of benzene rings is 2. The molecule has 146 valence electrons. The van der Waals surface area contributed by atoms with E-state index in [0.717, 1.165) is 6.42 Å². The molecule has 0 atom stereocenters. The molecule has 0 radical (unpaired) electrons. The van der Waals surface area contributed by atoms with Crippen LogP contribution in [-0.4, -0.2) is 5.78 Å². The number of nitrogen functional groups attached to an aromatic ring is 2. The number of anilines is 2. The van der Waals surface area contributed by atoms with Gasteiger partial charge in [-0.3, -0.25) is 4.79 Å². The first-order chi connectivity index (χ1) is 13.1. The Hall–Kier alpha value is -2.29. The molecule has 0 saturated carbocycles. The molecule has 0 amide bonds. The lowest BCUT2D eigenvalue weighted by Crippen LogP contribution is -2.04. The lowest BCUT2D eigenvalue weighted by atomic mass is 9.99. The Morgan fingerprint density at radius 3 is 1.78 bits per heavy atom. The number of hydrogen-bond donors (Lipinski definition) is 2. The molecule has 3 nitrogen and oxygen atoms in total. The van der Waals surface area contributed by atoms with Gasteiger partial charge in [0.2, 0.25) is 0 Å². The zero-order valence-corrected chi connectivity index (χ0v) is 16.7. The summed E-state index contributed by atoms with van der Waals surface area (Å²) in [5.74, 6) is -0.0383. The second-order valence-electron chi connectivity index (χ2n) is 7.49. The van der Waals surface area contributed by atoms with Gasteiger partial charge in [-0.1, -0.05) is 82.6 Å². The third kappa shape index (κ3) is 7.46. The van der Waals surface area contributed by atoms with E-state index >= 15 is 0 Å². The Balaban J connectivity index is 1.73. The van der Waals surface area contributed by atoms with Crippen molar-refractivity contribution >= 4 is 17.2 Å². The molecule has 0 fully saturated rings. The Bertz CT molecular complexity index is 687.